The topological polar surface area (TPSA) is 109 Å². The summed E-state index contributed by atoms with van der Waals surface area (Å²) in [6, 6.07) is 2.92. The van der Waals surface area contributed by atoms with Gasteiger partial charge in [0.25, 0.3) is 5.91 Å². The molecular weight excluding hydrogens is 462 g/mol. The van der Waals surface area contributed by atoms with E-state index in [1.165, 1.54) is 44.8 Å². The number of esters is 2. The molecule has 10 heteroatoms. The molecule has 0 saturated carbocycles. The van der Waals surface area contributed by atoms with Gasteiger partial charge in [0.15, 0.2) is 18.1 Å². The van der Waals surface area contributed by atoms with Crippen LogP contribution in [0, 0.1) is 5.92 Å². The van der Waals surface area contributed by atoms with Crippen LogP contribution in [-0.4, -0.2) is 52.4 Å². The molecule has 9 nitrogen and oxygen atoms in total. The van der Waals surface area contributed by atoms with Crippen molar-refractivity contribution < 1.29 is 38.1 Å². The number of carbonyl (C=O) groups is 3. The van der Waals surface area contributed by atoms with Gasteiger partial charge in [-0.1, -0.05) is 6.92 Å². The van der Waals surface area contributed by atoms with Crippen molar-refractivity contribution in [3.63, 3.8) is 0 Å². The molecule has 2 aromatic rings. The van der Waals surface area contributed by atoms with Gasteiger partial charge in [-0.2, -0.15) is 0 Å². The fraction of sp³-hybridized carbons (Fsp3) is 0.458. The summed E-state index contributed by atoms with van der Waals surface area (Å²) < 4.78 is 26.1. The van der Waals surface area contributed by atoms with Crippen molar-refractivity contribution in [2.24, 2.45) is 5.92 Å². The second-order valence-corrected chi connectivity index (χ2v) is 8.91. The second-order valence-electron chi connectivity index (χ2n) is 7.81. The van der Waals surface area contributed by atoms with E-state index in [1.54, 1.807) is 6.92 Å². The number of nitrogens with one attached hydrogen (secondary N) is 1. The molecule has 0 spiro atoms. The number of fused-ring (bicyclic) bond motifs is 1. The third kappa shape index (κ3) is 5.44. The first-order valence-corrected chi connectivity index (χ1v) is 11.7. The minimum Gasteiger partial charge on any atom is -0.496 e. The van der Waals surface area contributed by atoms with Gasteiger partial charge in [-0.05, 0) is 37.7 Å². The molecule has 1 atom stereocenters. The van der Waals surface area contributed by atoms with Gasteiger partial charge in [0.1, 0.15) is 16.3 Å². The van der Waals surface area contributed by atoms with Gasteiger partial charge in [-0.25, -0.2) is 9.59 Å². The van der Waals surface area contributed by atoms with Gasteiger partial charge in [0.05, 0.1) is 33.5 Å². The smallest absolute Gasteiger partial charge is 0.342 e. The zero-order chi connectivity index (χ0) is 24.8. The van der Waals surface area contributed by atoms with Crippen LogP contribution >= 0.6 is 11.3 Å². The molecule has 0 aliphatic heterocycles. The normalized spacial score (nSPS) is 14.6. The van der Waals surface area contributed by atoms with Crippen LogP contribution in [0.2, 0.25) is 0 Å². The summed E-state index contributed by atoms with van der Waals surface area (Å²) in [5, 5.41) is 3.14. The average molecular weight is 492 g/mol. The lowest BCUT2D eigenvalue weighted by Gasteiger charge is -2.18. The molecule has 1 amide bonds. The number of benzene rings is 1. The van der Waals surface area contributed by atoms with Crippen LogP contribution < -0.4 is 19.5 Å². The molecule has 1 aromatic carbocycles. The second kappa shape index (κ2) is 11.2. The predicted molar refractivity (Wildman–Crippen MR) is 126 cm³/mol. The Balaban J connectivity index is 1.74. The number of rotatable bonds is 9. The largest absolute Gasteiger partial charge is 0.496 e. The van der Waals surface area contributed by atoms with Gasteiger partial charge in [-0.15, -0.1) is 11.3 Å². The van der Waals surface area contributed by atoms with Crippen molar-refractivity contribution in [1.82, 2.24) is 0 Å². The molecular formula is C24H29NO8S. The number of amides is 1. The number of hydrogen-bond donors (Lipinski definition) is 1. The number of thiophene rings is 1. The highest BCUT2D eigenvalue weighted by Gasteiger charge is 2.29. The molecule has 0 fully saturated rings. The Morgan fingerprint density at radius 3 is 2.32 bits per heavy atom. The Kier molecular flexibility index (Phi) is 8.38. The van der Waals surface area contributed by atoms with E-state index in [1.807, 2.05) is 0 Å². The number of hydrogen-bond acceptors (Lipinski definition) is 9. The summed E-state index contributed by atoms with van der Waals surface area (Å²) in [5.41, 5.74) is 1.42. The van der Waals surface area contributed by atoms with E-state index < -0.39 is 24.5 Å². The summed E-state index contributed by atoms with van der Waals surface area (Å²) in [7, 11) is 4.31. The molecule has 34 heavy (non-hydrogen) atoms. The molecule has 1 aromatic heterocycles. The van der Waals surface area contributed by atoms with E-state index in [4.69, 9.17) is 23.7 Å². The summed E-state index contributed by atoms with van der Waals surface area (Å²) in [6.07, 6.45) is 2.57. The lowest BCUT2D eigenvalue weighted by Crippen LogP contribution is -2.22. The Bertz CT molecular complexity index is 1080. The van der Waals surface area contributed by atoms with E-state index >= 15 is 0 Å². The fourth-order valence-corrected chi connectivity index (χ4v) is 5.23. The fourth-order valence-electron chi connectivity index (χ4n) is 3.82. The lowest BCUT2D eigenvalue weighted by atomic mass is 9.88. The van der Waals surface area contributed by atoms with Crippen molar-refractivity contribution in [3.8, 4) is 17.2 Å². The van der Waals surface area contributed by atoms with E-state index in [-0.39, 0.29) is 17.9 Å². The minimum atomic E-state index is -0.766. The van der Waals surface area contributed by atoms with Crippen LogP contribution in [0.25, 0.3) is 0 Å². The standard InChI is InChI=1S/C24H29NO8S/c1-6-32-24(28)21-14-8-7-13(2)9-19(14)34-22(21)25-20(26)12-33-23(27)15-10-17(30-4)18(31-5)11-16(15)29-3/h10-11,13H,6-9,12H2,1-5H3,(H,25,26). The predicted octanol–water partition coefficient (Wildman–Crippen LogP) is 3.87. The van der Waals surface area contributed by atoms with Crippen LogP contribution in [0.4, 0.5) is 5.00 Å². The Morgan fingerprint density at radius 1 is 1.00 bits per heavy atom. The highest BCUT2D eigenvalue weighted by Crippen LogP contribution is 2.40. The monoisotopic (exact) mass is 491 g/mol. The lowest BCUT2D eigenvalue weighted by molar-refractivity contribution is -0.119. The zero-order valence-electron chi connectivity index (χ0n) is 19.9. The van der Waals surface area contributed by atoms with Crippen molar-refractivity contribution in [2.45, 2.75) is 33.1 Å². The van der Waals surface area contributed by atoms with Crippen molar-refractivity contribution in [2.75, 3.05) is 39.9 Å². The molecule has 184 valence electrons. The third-order valence-corrected chi connectivity index (χ3v) is 6.67. The maximum absolute atomic E-state index is 12.7. The zero-order valence-corrected chi connectivity index (χ0v) is 20.8. The van der Waals surface area contributed by atoms with Crippen LogP contribution in [0.3, 0.4) is 0 Å². The summed E-state index contributed by atoms with van der Waals surface area (Å²) in [4.78, 5) is 39.0. The highest BCUT2D eigenvalue weighted by molar-refractivity contribution is 7.17. The Labute approximate surface area is 202 Å². The highest BCUT2D eigenvalue weighted by atomic mass is 32.1. The van der Waals surface area contributed by atoms with Gasteiger partial charge >= 0.3 is 11.9 Å². The number of ether oxygens (including phenoxy) is 5. The van der Waals surface area contributed by atoms with E-state index in [0.717, 1.165) is 29.7 Å². The maximum Gasteiger partial charge on any atom is 0.342 e. The quantitative estimate of drug-likeness (QED) is 0.527. The van der Waals surface area contributed by atoms with Crippen LogP contribution in [0.1, 0.15) is 51.4 Å². The van der Waals surface area contributed by atoms with Crippen LogP contribution in [0.5, 0.6) is 17.2 Å². The molecule has 1 heterocycles. The first kappa shape index (κ1) is 25.4. The van der Waals surface area contributed by atoms with Crippen LogP contribution in [-0.2, 0) is 27.1 Å². The van der Waals surface area contributed by atoms with E-state index in [2.05, 4.69) is 12.2 Å². The van der Waals surface area contributed by atoms with Crippen molar-refractivity contribution in [1.29, 1.82) is 0 Å². The maximum atomic E-state index is 12.7. The molecule has 0 saturated heterocycles. The summed E-state index contributed by atoms with van der Waals surface area (Å²) in [5.74, 6) is -0.372. The van der Waals surface area contributed by atoms with Gasteiger partial charge in [0.2, 0.25) is 0 Å². The van der Waals surface area contributed by atoms with Crippen molar-refractivity contribution >= 4 is 34.2 Å². The van der Waals surface area contributed by atoms with Gasteiger partial charge in [0, 0.05) is 17.0 Å². The molecule has 1 aliphatic carbocycles. The molecule has 0 radical (unpaired) electrons. The van der Waals surface area contributed by atoms with Crippen LogP contribution in [0.15, 0.2) is 12.1 Å². The molecule has 1 unspecified atom stereocenters. The van der Waals surface area contributed by atoms with Crippen molar-refractivity contribution in [3.05, 3.63) is 33.7 Å². The number of anilines is 1. The van der Waals surface area contributed by atoms with Gasteiger partial charge < -0.3 is 29.0 Å². The van der Waals surface area contributed by atoms with Gasteiger partial charge in [-0.3, -0.25) is 4.79 Å². The summed E-state index contributed by atoms with van der Waals surface area (Å²) in [6.45, 7) is 3.58. The molecule has 1 aliphatic rings. The first-order valence-electron chi connectivity index (χ1n) is 10.9. The Hall–Kier alpha value is -3.27. The third-order valence-electron chi connectivity index (χ3n) is 5.50. The first-order chi connectivity index (χ1) is 16.3. The molecule has 1 N–H and O–H groups in total. The minimum absolute atomic E-state index is 0.0840. The average Bonchev–Trinajstić information content (AvgIpc) is 3.18. The van der Waals surface area contributed by atoms with E-state index in [0.29, 0.717) is 28.0 Å². The number of carbonyl (C=O) groups excluding carboxylic acids is 3. The van der Waals surface area contributed by atoms with E-state index in [9.17, 15) is 14.4 Å². The molecule has 3 rings (SSSR count). The Morgan fingerprint density at radius 2 is 1.68 bits per heavy atom. The number of methoxy groups -OCH3 is 3. The molecule has 0 bridgehead atoms. The summed E-state index contributed by atoms with van der Waals surface area (Å²) >= 11 is 1.37. The SMILES string of the molecule is CCOC(=O)c1c(NC(=O)COC(=O)c2cc(OC)c(OC)cc2OC)sc2c1CCC(C)C2.